The molecule has 3 N–H and O–H groups in total. The molecule has 5 rings (SSSR count). The van der Waals surface area contributed by atoms with Crippen LogP contribution >= 0.6 is 23.1 Å². The van der Waals surface area contributed by atoms with Crippen LogP contribution in [0.25, 0.3) is 21.6 Å². The Balaban J connectivity index is 1.17. The summed E-state index contributed by atoms with van der Waals surface area (Å²) in [5, 5.41) is 14.0. The fourth-order valence-electron chi connectivity index (χ4n) is 3.14. The molecule has 0 unspecified atom stereocenters. The zero-order valence-corrected chi connectivity index (χ0v) is 18.4. The van der Waals surface area contributed by atoms with Gasteiger partial charge in [0.15, 0.2) is 5.16 Å². The number of thiophene rings is 1. The summed E-state index contributed by atoms with van der Waals surface area (Å²) >= 11 is 3.24. The van der Waals surface area contributed by atoms with Crippen molar-refractivity contribution in [2.75, 3.05) is 0 Å². The minimum Gasteiger partial charge on any atom is -0.333 e. The topological polar surface area (TPSA) is 98.8 Å². The van der Waals surface area contributed by atoms with Crippen molar-refractivity contribution in [2.24, 2.45) is 5.10 Å². The normalized spacial score (nSPS) is 11.4. The van der Waals surface area contributed by atoms with Gasteiger partial charge in [0, 0.05) is 16.9 Å². The fourth-order valence-corrected chi connectivity index (χ4v) is 4.72. The first-order chi connectivity index (χ1) is 15.8. The van der Waals surface area contributed by atoms with Crippen molar-refractivity contribution in [2.45, 2.75) is 10.9 Å². The SMILES string of the molecule is O=C(N/N=C/c1cn[nH]c1-c1cccs1)c1ccc(CSc2nc3ccccc3[nH]2)cc1. The lowest BCUT2D eigenvalue weighted by Crippen LogP contribution is -2.17. The highest BCUT2D eigenvalue weighted by Gasteiger charge is 2.08. The van der Waals surface area contributed by atoms with Gasteiger partial charge in [-0.05, 0) is 41.3 Å². The molecule has 0 aliphatic rings. The fraction of sp³-hybridized carbons (Fsp3) is 0.0435. The van der Waals surface area contributed by atoms with Gasteiger partial charge in [-0.25, -0.2) is 10.4 Å². The van der Waals surface area contributed by atoms with E-state index < -0.39 is 0 Å². The number of imidazole rings is 1. The quantitative estimate of drug-likeness (QED) is 0.180. The van der Waals surface area contributed by atoms with E-state index in [1.807, 2.05) is 53.9 Å². The zero-order valence-electron chi connectivity index (χ0n) is 16.8. The number of fused-ring (bicyclic) bond motifs is 1. The first kappa shape index (κ1) is 20.2. The lowest BCUT2D eigenvalue weighted by atomic mass is 10.1. The highest BCUT2D eigenvalue weighted by Crippen LogP contribution is 2.25. The molecule has 3 heterocycles. The van der Waals surface area contributed by atoms with E-state index in [9.17, 15) is 4.79 Å². The molecule has 3 aromatic heterocycles. The van der Waals surface area contributed by atoms with Gasteiger partial charge in [-0.1, -0.05) is 42.1 Å². The number of hydrazone groups is 1. The number of nitrogens with zero attached hydrogens (tertiary/aromatic N) is 3. The Morgan fingerprint density at radius 2 is 2.00 bits per heavy atom. The predicted molar refractivity (Wildman–Crippen MR) is 129 cm³/mol. The average Bonchev–Trinajstić information content (AvgIpc) is 3.58. The van der Waals surface area contributed by atoms with Crippen LogP contribution in [0.3, 0.4) is 0 Å². The van der Waals surface area contributed by atoms with Gasteiger partial charge in [-0.3, -0.25) is 9.89 Å². The Kier molecular flexibility index (Phi) is 5.82. The summed E-state index contributed by atoms with van der Waals surface area (Å²) in [6, 6.07) is 19.4. The summed E-state index contributed by atoms with van der Waals surface area (Å²) in [4.78, 5) is 21.4. The van der Waals surface area contributed by atoms with Crippen molar-refractivity contribution in [1.29, 1.82) is 0 Å². The molecule has 0 spiro atoms. The van der Waals surface area contributed by atoms with E-state index in [-0.39, 0.29) is 5.91 Å². The third kappa shape index (κ3) is 4.48. The molecular formula is C23H18N6OS2. The zero-order chi connectivity index (χ0) is 21.8. The number of thioether (sulfide) groups is 1. The van der Waals surface area contributed by atoms with Gasteiger partial charge < -0.3 is 4.98 Å². The Bertz CT molecular complexity index is 1340. The number of amides is 1. The van der Waals surface area contributed by atoms with Crippen LogP contribution in [-0.4, -0.2) is 32.3 Å². The number of benzene rings is 2. The number of H-pyrrole nitrogens is 2. The Morgan fingerprint density at radius 3 is 2.81 bits per heavy atom. The van der Waals surface area contributed by atoms with Crippen LogP contribution in [0.1, 0.15) is 21.5 Å². The summed E-state index contributed by atoms with van der Waals surface area (Å²) < 4.78 is 0. The van der Waals surface area contributed by atoms with Crippen LogP contribution in [0.5, 0.6) is 0 Å². The summed E-state index contributed by atoms with van der Waals surface area (Å²) in [6.45, 7) is 0. The standard InChI is InChI=1S/C23H18N6OS2/c30-22(29-25-13-17-12-24-28-21(17)20-6-3-11-31-20)16-9-7-15(8-10-16)14-32-23-26-18-4-1-2-5-19(18)27-23/h1-13H,14H2,(H,24,28)(H,26,27)(H,29,30)/b25-13+. The summed E-state index contributed by atoms with van der Waals surface area (Å²) in [5.74, 6) is 0.491. The van der Waals surface area contributed by atoms with E-state index in [0.29, 0.717) is 5.56 Å². The number of hydrogen-bond donors (Lipinski definition) is 3. The molecule has 9 heteroatoms. The summed E-state index contributed by atoms with van der Waals surface area (Å²) in [6.07, 6.45) is 3.27. The van der Waals surface area contributed by atoms with Crippen LogP contribution in [0.4, 0.5) is 0 Å². The van der Waals surface area contributed by atoms with E-state index in [1.54, 1.807) is 47.6 Å². The van der Waals surface area contributed by atoms with Gasteiger partial charge in [0.25, 0.3) is 5.91 Å². The second-order valence-corrected chi connectivity index (χ2v) is 8.83. The first-order valence-corrected chi connectivity index (χ1v) is 11.7. The van der Waals surface area contributed by atoms with Gasteiger partial charge in [-0.2, -0.15) is 10.2 Å². The number of aromatic amines is 2. The Labute approximate surface area is 192 Å². The molecule has 0 saturated carbocycles. The van der Waals surface area contributed by atoms with Crippen LogP contribution < -0.4 is 5.43 Å². The molecule has 2 aromatic carbocycles. The number of nitrogens with one attached hydrogen (secondary N) is 3. The van der Waals surface area contributed by atoms with Crippen molar-refractivity contribution in [1.82, 2.24) is 25.6 Å². The number of carbonyl (C=O) groups excluding carboxylic acids is 1. The number of carbonyl (C=O) groups is 1. The third-order valence-electron chi connectivity index (χ3n) is 4.77. The largest absolute Gasteiger partial charge is 0.333 e. The maximum Gasteiger partial charge on any atom is 0.271 e. The molecule has 0 aliphatic carbocycles. The molecule has 158 valence electrons. The van der Waals surface area contributed by atoms with Crippen molar-refractivity contribution in [3.63, 3.8) is 0 Å². The van der Waals surface area contributed by atoms with E-state index in [2.05, 4.69) is 30.7 Å². The Hall–Kier alpha value is -3.69. The maximum absolute atomic E-state index is 12.4. The monoisotopic (exact) mass is 458 g/mol. The molecule has 32 heavy (non-hydrogen) atoms. The van der Waals surface area contributed by atoms with Crippen LogP contribution in [0.15, 0.2) is 82.5 Å². The van der Waals surface area contributed by atoms with Crippen molar-refractivity contribution >= 4 is 46.3 Å². The molecule has 1 amide bonds. The minimum absolute atomic E-state index is 0.265. The van der Waals surface area contributed by atoms with Gasteiger partial charge in [0.2, 0.25) is 0 Å². The molecule has 0 atom stereocenters. The average molecular weight is 459 g/mol. The minimum atomic E-state index is -0.265. The second kappa shape index (κ2) is 9.21. The maximum atomic E-state index is 12.4. The smallest absolute Gasteiger partial charge is 0.271 e. The molecule has 5 aromatic rings. The molecule has 7 nitrogen and oxygen atoms in total. The van der Waals surface area contributed by atoms with Gasteiger partial charge in [-0.15, -0.1) is 11.3 Å². The van der Waals surface area contributed by atoms with Crippen molar-refractivity contribution < 1.29 is 4.79 Å². The van der Waals surface area contributed by atoms with E-state index in [0.717, 1.165) is 43.6 Å². The van der Waals surface area contributed by atoms with Crippen LogP contribution in [0, 0.1) is 0 Å². The van der Waals surface area contributed by atoms with E-state index in [1.165, 1.54) is 0 Å². The van der Waals surface area contributed by atoms with Crippen molar-refractivity contribution in [3.8, 4) is 10.6 Å². The number of para-hydroxylation sites is 2. The highest BCUT2D eigenvalue weighted by atomic mass is 32.2. The number of rotatable bonds is 7. The van der Waals surface area contributed by atoms with Crippen LogP contribution in [0.2, 0.25) is 0 Å². The van der Waals surface area contributed by atoms with Gasteiger partial charge in [0.1, 0.15) is 0 Å². The lowest BCUT2D eigenvalue weighted by Gasteiger charge is -2.03. The van der Waals surface area contributed by atoms with E-state index in [4.69, 9.17) is 0 Å². The summed E-state index contributed by atoms with van der Waals surface area (Å²) in [7, 11) is 0. The molecule has 0 saturated heterocycles. The number of hydrogen-bond acceptors (Lipinski definition) is 6. The third-order valence-corrected chi connectivity index (χ3v) is 6.60. The van der Waals surface area contributed by atoms with Crippen molar-refractivity contribution in [3.05, 3.63) is 88.9 Å². The van der Waals surface area contributed by atoms with E-state index >= 15 is 0 Å². The molecule has 0 radical (unpaired) electrons. The first-order valence-electron chi connectivity index (χ1n) is 9.83. The highest BCUT2D eigenvalue weighted by molar-refractivity contribution is 7.98. The van der Waals surface area contributed by atoms with Gasteiger partial charge in [0.05, 0.1) is 34.0 Å². The predicted octanol–water partition coefficient (Wildman–Crippen LogP) is 5.07. The van der Waals surface area contributed by atoms with Gasteiger partial charge >= 0.3 is 0 Å². The van der Waals surface area contributed by atoms with Crippen LogP contribution in [-0.2, 0) is 5.75 Å². The Morgan fingerprint density at radius 1 is 1.12 bits per heavy atom. The number of aromatic nitrogens is 4. The molecular weight excluding hydrogens is 440 g/mol. The summed E-state index contributed by atoms with van der Waals surface area (Å²) in [5.41, 5.74) is 7.90. The second-order valence-electron chi connectivity index (χ2n) is 6.92. The molecule has 0 bridgehead atoms. The molecule has 0 fully saturated rings. The molecule has 0 aliphatic heterocycles. The lowest BCUT2D eigenvalue weighted by molar-refractivity contribution is 0.0955.